The number of carbonyl (C=O) groups is 2. The Morgan fingerprint density at radius 1 is 1.22 bits per heavy atom. The second kappa shape index (κ2) is 7.71. The molecule has 2 amide bonds. The third-order valence-electron chi connectivity index (χ3n) is 9.88. The highest BCUT2D eigenvalue weighted by molar-refractivity contribution is 5.90. The van der Waals surface area contributed by atoms with Gasteiger partial charge in [-0.05, 0) is 86.7 Å². The monoisotopic (exact) mass is 435 g/mol. The third kappa shape index (κ3) is 3.22. The number of allylic oxidation sites excluding steroid dienone is 2. The van der Waals surface area contributed by atoms with E-state index in [0.29, 0.717) is 36.5 Å². The number of piperidine rings is 1. The van der Waals surface area contributed by atoms with E-state index in [0.717, 1.165) is 24.9 Å². The Balaban J connectivity index is 1.36. The maximum Gasteiger partial charge on any atom is 0.226 e. The quantitative estimate of drug-likeness (QED) is 0.691. The predicted molar refractivity (Wildman–Crippen MR) is 125 cm³/mol. The first-order chi connectivity index (χ1) is 15.2. The topological polar surface area (TPSA) is 62.3 Å². The molecule has 5 rings (SSSR count). The van der Waals surface area contributed by atoms with E-state index < -0.39 is 0 Å². The molecule has 2 saturated carbocycles. The van der Waals surface area contributed by atoms with Gasteiger partial charge in [-0.2, -0.15) is 0 Å². The highest BCUT2D eigenvalue weighted by Gasteiger charge is 2.60. The summed E-state index contributed by atoms with van der Waals surface area (Å²) in [6.07, 6.45) is 11.6. The number of aromatic nitrogens is 1. The van der Waals surface area contributed by atoms with Crippen molar-refractivity contribution in [1.29, 1.82) is 0 Å². The van der Waals surface area contributed by atoms with Crippen LogP contribution in [0.4, 0.5) is 5.69 Å². The summed E-state index contributed by atoms with van der Waals surface area (Å²) in [7, 11) is 1.98. The van der Waals surface area contributed by atoms with Crippen LogP contribution in [0.5, 0.6) is 0 Å². The average Bonchev–Trinajstić information content (AvgIpc) is 3.08. The maximum absolute atomic E-state index is 12.8. The zero-order valence-corrected chi connectivity index (χ0v) is 20.0. The Kier molecular flexibility index (Phi) is 5.22. The SMILES string of the molecule is CC1=C2N(C)C(=O)CC[C@]2(C)[C@H]2CC[C@]3(C)[C@@H](CC(=O)Nc4cccnc4)CC[C@H]3[C@@H]2C1. The molecule has 3 fully saturated rings. The molecule has 5 heteroatoms. The van der Waals surface area contributed by atoms with Crippen molar-refractivity contribution in [3.8, 4) is 0 Å². The standard InChI is InChI=1S/C27H37N3O2/c1-17-14-20-21-8-7-18(15-23(31)29-19-6-5-13-28-16-19)26(21,2)11-9-22(20)27(3)12-10-24(32)30(4)25(17)27/h5-6,13,16,18,20-22H,7-12,14-15H2,1-4H3,(H,29,31)/t18-,20+,21+,22+,26-,27-/m1/s1. The zero-order valence-electron chi connectivity index (χ0n) is 20.0. The lowest BCUT2D eigenvalue weighted by molar-refractivity contribution is -0.136. The molecule has 2 heterocycles. The second-order valence-electron chi connectivity index (χ2n) is 11.4. The summed E-state index contributed by atoms with van der Waals surface area (Å²) in [4.78, 5) is 31.4. The molecule has 0 bridgehead atoms. The Hall–Kier alpha value is -2.17. The van der Waals surface area contributed by atoms with Gasteiger partial charge in [0.2, 0.25) is 11.8 Å². The molecule has 1 saturated heterocycles. The first-order valence-corrected chi connectivity index (χ1v) is 12.4. The Morgan fingerprint density at radius 3 is 2.78 bits per heavy atom. The van der Waals surface area contributed by atoms with Crippen molar-refractivity contribution in [2.75, 3.05) is 12.4 Å². The number of nitrogens with zero attached hydrogens (tertiary/aromatic N) is 2. The summed E-state index contributed by atoms with van der Waals surface area (Å²) in [6, 6.07) is 3.75. The van der Waals surface area contributed by atoms with Gasteiger partial charge in [-0.1, -0.05) is 19.4 Å². The van der Waals surface area contributed by atoms with Crippen molar-refractivity contribution in [3.63, 3.8) is 0 Å². The van der Waals surface area contributed by atoms with Crippen LogP contribution in [-0.2, 0) is 9.59 Å². The van der Waals surface area contributed by atoms with E-state index in [-0.39, 0.29) is 22.6 Å². The number of hydrogen-bond donors (Lipinski definition) is 1. The van der Waals surface area contributed by atoms with E-state index in [9.17, 15) is 9.59 Å². The minimum absolute atomic E-state index is 0.118. The molecule has 3 aliphatic carbocycles. The summed E-state index contributed by atoms with van der Waals surface area (Å²) in [5, 5.41) is 3.05. The lowest BCUT2D eigenvalue weighted by Gasteiger charge is -2.59. The molecular formula is C27H37N3O2. The molecule has 0 spiro atoms. The number of anilines is 1. The van der Waals surface area contributed by atoms with Crippen LogP contribution in [0, 0.1) is 34.5 Å². The molecule has 6 atom stereocenters. The molecule has 1 aliphatic heterocycles. The van der Waals surface area contributed by atoms with Crippen LogP contribution in [0.25, 0.3) is 0 Å². The Labute approximate surface area is 192 Å². The minimum atomic E-state index is 0.118. The fourth-order valence-corrected chi connectivity index (χ4v) is 8.43. The summed E-state index contributed by atoms with van der Waals surface area (Å²) in [6.45, 7) is 7.16. The van der Waals surface area contributed by atoms with Crippen molar-refractivity contribution in [2.24, 2.45) is 34.5 Å². The van der Waals surface area contributed by atoms with Crippen molar-refractivity contribution < 1.29 is 9.59 Å². The van der Waals surface area contributed by atoms with Gasteiger partial charge in [-0.25, -0.2) is 0 Å². The highest BCUT2D eigenvalue weighted by atomic mass is 16.2. The first-order valence-electron chi connectivity index (χ1n) is 12.4. The highest BCUT2D eigenvalue weighted by Crippen LogP contribution is 2.67. The third-order valence-corrected chi connectivity index (χ3v) is 9.88. The van der Waals surface area contributed by atoms with E-state index in [2.05, 4.69) is 31.1 Å². The maximum atomic E-state index is 12.8. The largest absolute Gasteiger partial charge is 0.325 e. The van der Waals surface area contributed by atoms with Crippen molar-refractivity contribution in [1.82, 2.24) is 9.88 Å². The molecule has 0 aromatic carbocycles. The van der Waals surface area contributed by atoms with E-state index in [1.54, 1.807) is 12.4 Å². The van der Waals surface area contributed by atoms with Gasteiger partial charge in [0.25, 0.3) is 0 Å². The Morgan fingerprint density at radius 2 is 2.03 bits per heavy atom. The van der Waals surface area contributed by atoms with Crippen LogP contribution >= 0.6 is 0 Å². The number of hydrogen-bond acceptors (Lipinski definition) is 3. The number of pyridine rings is 1. The van der Waals surface area contributed by atoms with Crippen molar-refractivity contribution in [3.05, 3.63) is 35.8 Å². The molecule has 32 heavy (non-hydrogen) atoms. The minimum Gasteiger partial charge on any atom is -0.325 e. The van der Waals surface area contributed by atoms with E-state index >= 15 is 0 Å². The van der Waals surface area contributed by atoms with Crippen LogP contribution in [0.1, 0.15) is 72.1 Å². The fourth-order valence-electron chi connectivity index (χ4n) is 8.43. The van der Waals surface area contributed by atoms with Crippen molar-refractivity contribution >= 4 is 17.5 Å². The molecule has 0 unspecified atom stereocenters. The van der Waals surface area contributed by atoms with Crippen molar-refractivity contribution in [2.45, 2.75) is 72.1 Å². The summed E-state index contributed by atoms with van der Waals surface area (Å²) >= 11 is 0. The zero-order chi connectivity index (χ0) is 22.7. The molecule has 5 nitrogen and oxygen atoms in total. The predicted octanol–water partition coefficient (Wildman–Crippen LogP) is 5.41. The number of amides is 2. The lowest BCUT2D eigenvalue weighted by Crippen LogP contribution is -2.54. The number of nitrogens with one attached hydrogen (secondary N) is 1. The molecule has 0 radical (unpaired) electrons. The molecule has 1 aromatic rings. The van der Waals surface area contributed by atoms with Crippen LogP contribution in [0.2, 0.25) is 0 Å². The van der Waals surface area contributed by atoms with Crippen LogP contribution in [0.3, 0.4) is 0 Å². The molecular weight excluding hydrogens is 398 g/mol. The lowest BCUT2D eigenvalue weighted by atomic mass is 9.48. The van der Waals surface area contributed by atoms with Gasteiger partial charge in [-0.3, -0.25) is 14.6 Å². The van der Waals surface area contributed by atoms with Crippen LogP contribution in [-0.4, -0.2) is 28.7 Å². The van der Waals surface area contributed by atoms with E-state index in [4.69, 9.17) is 0 Å². The van der Waals surface area contributed by atoms with Crippen LogP contribution in [0.15, 0.2) is 35.8 Å². The number of fused-ring (bicyclic) bond motifs is 5. The van der Waals surface area contributed by atoms with Gasteiger partial charge < -0.3 is 10.2 Å². The summed E-state index contributed by atoms with van der Waals surface area (Å²) < 4.78 is 0. The second-order valence-corrected chi connectivity index (χ2v) is 11.4. The molecule has 1 aromatic heterocycles. The van der Waals surface area contributed by atoms with Gasteiger partial charge in [0, 0.05) is 37.2 Å². The summed E-state index contributed by atoms with van der Waals surface area (Å²) in [5.74, 6) is 2.84. The van der Waals surface area contributed by atoms with Gasteiger partial charge >= 0.3 is 0 Å². The van der Waals surface area contributed by atoms with Gasteiger partial charge in [0.05, 0.1) is 11.9 Å². The van der Waals surface area contributed by atoms with E-state index in [1.807, 2.05) is 24.1 Å². The smallest absolute Gasteiger partial charge is 0.226 e. The Bertz CT molecular complexity index is 957. The van der Waals surface area contributed by atoms with E-state index in [1.165, 1.54) is 30.5 Å². The van der Waals surface area contributed by atoms with Gasteiger partial charge in [-0.15, -0.1) is 0 Å². The number of carbonyl (C=O) groups excluding carboxylic acids is 2. The number of rotatable bonds is 3. The first kappa shape index (κ1) is 21.7. The normalized spacial score (nSPS) is 38.8. The fraction of sp³-hybridized carbons (Fsp3) is 0.667. The molecule has 172 valence electrons. The molecule has 4 aliphatic rings. The van der Waals surface area contributed by atoms with Gasteiger partial charge in [0.1, 0.15) is 0 Å². The molecule has 1 N–H and O–H groups in total. The number of likely N-dealkylation sites (tertiary alicyclic amines) is 1. The summed E-state index contributed by atoms with van der Waals surface area (Å²) in [5.41, 5.74) is 3.88. The van der Waals surface area contributed by atoms with Crippen LogP contribution < -0.4 is 5.32 Å². The average molecular weight is 436 g/mol. The van der Waals surface area contributed by atoms with Gasteiger partial charge in [0.15, 0.2) is 0 Å².